The summed E-state index contributed by atoms with van der Waals surface area (Å²) in [4.78, 5) is 0. The Morgan fingerprint density at radius 2 is 2.05 bits per heavy atom. The second-order valence-corrected chi connectivity index (χ2v) is 6.32. The Bertz CT molecular complexity index is 663. The molecule has 0 saturated heterocycles. The molecule has 0 unspecified atom stereocenters. The highest BCUT2D eigenvalue weighted by Gasteiger charge is 2.00. The van der Waals surface area contributed by atoms with Crippen LogP contribution < -0.4 is 5.32 Å². The van der Waals surface area contributed by atoms with Gasteiger partial charge in [0.2, 0.25) is 0 Å². The Hall–Kier alpha value is -1.66. The third-order valence-electron chi connectivity index (χ3n) is 2.68. The maximum absolute atomic E-state index is 3.81. The normalized spacial score (nSPS) is 10.6. The molecule has 0 amide bonds. The van der Waals surface area contributed by atoms with Crippen molar-refractivity contribution < 1.29 is 0 Å². The number of hydrogen-bond acceptors (Lipinski definition) is 4. The molecule has 0 aliphatic rings. The van der Waals surface area contributed by atoms with Crippen molar-refractivity contribution in [2.45, 2.75) is 6.54 Å². The molecule has 1 N–H and O–H groups in total. The summed E-state index contributed by atoms with van der Waals surface area (Å²) in [5, 5.41) is 13.2. The van der Waals surface area contributed by atoms with E-state index in [0.717, 1.165) is 21.7 Å². The standard InChI is InChI=1S/C13H11BrN4S/c14-13-4-10(7-19-13)6-15-11-2-1-3-12(5-11)18-8-16-17-9-18/h1-5,7-9,15H,6H2. The summed E-state index contributed by atoms with van der Waals surface area (Å²) in [5.41, 5.74) is 3.39. The van der Waals surface area contributed by atoms with E-state index in [1.165, 1.54) is 5.56 Å². The minimum Gasteiger partial charge on any atom is -0.381 e. The highest BCUT2D eigenvalue weighted by Crippen LogP contribution is 2.22. The van der Waals surface area contributed by atoms with Gasteiger partial charge in [-0.1, -0.05) is 6.07 Å². The van der Waals surface area contributed by atoms with Gasteiger partial charge in [0.15, 0.2) is 0 Å². The Balaban J connectivity index is 1.73. The fourth-order valence-electron chi connectivity index (χ4n) is 1.75. The molecular formula is C13H11BrN4S. The lowest BCUT2D eigenvalue weighted by atomic mass is 10.2. The van der Waals surface area contributed by atoms with Gasteiger partial charge in [-0.25, -0.2) is 0 Å². The van der Waals surface area contributed by atoms with Crippen molar-refractivity contribution >= 4 is 33.0 Å². The zero-order valence-electron chi connectivity index (χ0n) is 9.95. The average molecular weight is 335 g/mol. The number of nitrogens with zero attached hydrogens (tertiary/aromatic N) is 3. The van der Waals surface area contributed by atoms with E-state index in [1.54, 1.807) is 24.0 Å². The first-order valence-electron chi connectivity index (χ1n) is 5.73. The molecule has 0 saturated carbocycles. The number of anilines is 1. The van der Waals surface area contributed by atoms with Crippen LogP contribution >= 0.6 is 27.3 Å². The first-order chi connectivity index (χ1) is 9.31. The topological polar surface area (TPSA) is 42.7 Å². The third kappa shape index (κ3) is 3.02. The van der Waals surface area contributed by atoms with Crippen molar-refractivity contribution in [3.8, 4) is 5.69 Å². The summed E-state index contributed by atoms with van der Waals surface area (Å²) in [6, 6.07) is 10.3. The quantitative estimate of drug-likeness (QED) is 0.790. The highest BCUT2D eigenvalue weighted by molar-refractivity contribution is 9.11. The van der Waals surface area contributed by atoms with Gasteiger partial charge in [0.1, 0.15) is 12.7 Å². The lowest BCUT2D eigenvalue weighted by Crippen LogP contribution is -1.99. The molecule has 0 aliphatic heterocycles. The zero-order chi connectivity index (χ0) is 13.1. The van der Waals surface area contributed by atoms with Crippen molar-refractivity contribution in [2.24, 2.45) is 0 Å². The third-order valence-corrected chi connectivity index (χ3v) is 4.23. The van der Waals surface area contributed by atoms with Gasteiger partial charge in [-0.15, -0.1) is 21.5 Å². The van der Waals surface area contributed by atoms with Gasteiger partial charge < -0.3 is 5.32 Å². The molecule has 96 valence electrons. The Labute approximate surface area is 123 Å². The number of aromatic nitrogens is 3. The largest absolute Gasteiger partial charge is 0.381 e. The molecule has 0 spiro atoms. The summed E-state index contributed by atoms with van der Waals surface area (Å²) in [7, 11) is 0. The van der Waals surface area contributed by atoms with Crippen molar-refractivity contribution in [1.29, 1.82) is 0 Å². The second kappa shape index (κ2) is 5.54. The summed E-state index contributed by atoms with van der Waals surface area (Å²) in [6.07, 6.45) is 3.38. The number of halogens is 1. The molecule has 2 heterocycles. The predicted molar refractivity (Wildman–Crippen MR) is 80.7 cm³/mol. The van der Waals surface area contributed by atoms with E-state index in [9.17, 15) is 0 Å². The van der Waals surface area contributed by atoms with Gasteiger partial charge in [-0.3, -0.25) is 4.57 Å². The van der Waals surface area contributed by atoms with Crippen LogP contribution in [0, 0.1) is 0 Å². The van der Waals surface area contributed by atoms with Crippen LogP contribution in [0.4, 0.5) is 5.69 Å². The van der Waals surface area contributed by atoms with Crippen LogP contribution in [0.1, 0.15) is 5.56 Å². The van der Waals surface area contributed by atoms with Crippen LogP contribution in [0.3, 0.4) is 0 Å². The van der Waals surface area contributed by atoms with E-state index < -0.39 is 0 Å². The van der Waals surface area contributed by atoms with Crippen molar-refractivity contribution in [1.82, 2.24) is 14.8 Å². The summed E-state index contributed by atoms with van der Waals surface area (Å²) >= 11 is 5.17. The monoisotopic (exact) mass is 334 g/mol. The van der Waals surface area contributed by atoms with Crippen LogP contribution in [0.15, 0.2) is 52.2 Å². The molecule has 4 nitrogen and oxygen atoms in total. The summed E-state index contributed by atoms with van der Waals surface area (Å²) in [6.45, 7) is 0.813. The minimum atomic E-state index is 0.813. The van der Waals surface area contributed by atoms with Crippen LogP contribution in [0.5, 0.6) is 0 Å². The lowest BCUT2D eigenvalue weighted by molar-refractivity contribution is 1.05. The van der Waals surface area contributed by atoms with Crippen LogP contribution in [0.25, 0.3) is 5.69 Å². The zero-order valence-corrected chi connectivity index (χ0v) is 12.4. The first-order valence-corrected chi connectivity index (χ1v) is 7.40. The van der Waals surface area contributed by atoms with Gasteiger partial charge in [0.05, 0.1) is 9.47 Å². The number of rotatable bonds is 4. The lowest BCUT2D eigenvalue weighted by Gasteiger charge is -2.07. The van der Waals surface area contributed by atoms with Crippen LogP contribution in [0.2, 0.25) is 0 Å². The van der Waals surface area contributed by atoms with Crippen molar-refractivity contribution in [2.75, 3.05) is 5.32 Å². The molecule has 0 radical (unpaired) electrons. The molecule has 6 heteroatoms. The molecule has 0 atom stereocenters. The van der Waals surface area contributed by atoms with Gasteiger partial charge in [-0.05, 0) is 51.1 Å². The molecular weight excluding hydrogens is 324 g/mol. The Morgan fingerprint density at radius 1 is 1.21 bits per heavy atom. The number of hydrogen-bond donors (Lipinski definition) is 1. The van der Waals surface area contributed by atoms with Crippen LogP contribution in [-0.4, -0.2) is 14.8 Å². The minimum absolute atomic E-state index is 0.813. The molecule has 3 rings (SSSR count). The van der Waals surface area contributed by atoms with E-state index in [0.29, 0.717) is 0 Å². The number of nitrogens with one attached hydrogen (secondary N) is 1. The smallest absolute Gasteiger partial charge is 0.123 e. The maximum atomic E-state index is 3.81. The van der Waals surface area contributed by atoms with Gasteiger partial charge in [0.25, 0.3) is 0 Å². The predicted octanol–water partition coefficient (Wildman–Crippen LogP) is 3.70. The summed E-state index contributed by atoms with van der Waals surface area (Å²) in [5.74, 6) is 0. The van der Waals surface area contributed by atoms with E-state index in [-0.39, 0.29) is 0 Å². The molecule has 19 heavy (non-hydrogen) atoms. The molecule has 3 aromatic rings. The molecule has 1 aromatic carbocycles. The number of benzene rings is 1. The van der Waals surface area contributed by atoms with E-state index in [2.05, 4.69) is 55.0 Å². The molecule has 0 fully saturated rings. The fraction of sp³-hybridized carbons (Fsp3) is 0.0769. The highest BCUT2D eigenvalue weighted by atomic mass is 79.9. The van der Waals surface area contributed by atoms with E-state index >= 15 is 0 Å². The van der Waals surface area contributed by atoms with Crippen molar-refractivity contribution in [3.63, 3.8) is 0 Å². The van der Waals surface area contributed by atoms with Gasteiger partial charge in [-0.2, -0.15) is 0 Å². The van der Waals surface area contributed by atoms with E-state index in [4.69, 9.17) is 0 Å². The molecule has 0 aliphatic carbocycles. The van der Waals surface area contributed by atoms with Gasteiger partial charge in [0, 0.05) is 12.2 Å². The van der Waals surface area contributed by atoms with Crippen molar-refractivity contribution in [3.05, 3.63) is 57.7 Å². The Morgan fingerprint density at radius 3 is 2.79 bits per heavy atom. The fourth-order valence-corrected chi connectivity index (χ4v) is 2.96. The van der Waals surface area contributed by atoms with E-state index in [1.807, 2.05) is 16.7 Å². The Kier molecular flexibility index (Phi) is 3.61. The summed E-state index contributed by atoms with van der Waals surface area (Å²) < 4.78 is 3.04. The number of thiophene rings is 1. The van der Waals surface area contributed by atoms with Gasteiger partial charge >= 0.3 is 0 Å². The maximum Gasteiger partial charge on any atom is 0.123 e. The average Bonchev–Trinajstić information content (AvgIpc) is 3.08. The second-order valence-electron chi connectivity index (χ2n) is 4.03. The molecule has 0 bridgehead atoms. The SMILES string of the molecule is Brc1cc(CNc2cccc(-n3cnnc3)c2)cs1. The first kappa shape index (κ1) is 12.4. The van der Waals surface area contributed by atoms with Crippen LogP contribution in [-0.2, 0) is 6.54 Å². The molecule has 2 aromatic heterocycles.